The monoisotopic (exact) mass is 512 g/mol. The average Bonchev–Trinajstić information content (AvgIpc) is 3.09. The zero-order valence-corrected chi connectivity index (χ0v) is 18.6. The number of hydrogen-bond acceptors (Lipinski definition) is 5. The predicted molar refractivity (Wildman–Crippen MR) is 117 cm³/mol. The molecule has 194 valence electrons. The number of fused-ring (bicyclic) bond motifs is 1. The standard InChI is InChI=1S/C23H32F3N5O4/c1-21(2,3)16(30-20(35)23(24,25)26)19(34)31-10-13-14(22(13,4)5)15(31)18(33)29-12(9-27)8-11-6-7-28-17(11)32/h11-16H,6-8,10H2,1-5H3,(H,28,32)(H,29,33)(H,30,35)/t11-,12-,13-,14-,15-,16?/m0/s1/i1D3,2D3,3D3,7D2,15D,16D. The highest BCUT2D eigenvalue weighted by Gasteiger charge is 2.70. The van der Waals surface area contributed by atoms with Gasteiger partial charge in [-0.15, -0.1) is 0 Å². The van der Waals surface area contributed by atoms with Crippen LogP contribution in [-0.2, 0) is 19.2 Å². The maximum absolute atomic E-state index is 14.3. The first-order valence-corrected chi connectivity index (χ1v) is 10.4. The third-order valence-corrected chi connectivity index (χ3v) is 6.49. The second kappa shape index (κ2) is 8.99. The number of likely N-dealkylation sites (tertiary alicyclic amines) is 1. The van der Waals surface area contributed by atoms with E-state index in [2.05, 4.69) is 5.32 Å². The van der Waals surface area contributed by atoms with Crippen LogP contribution in [0.2, 0.25) is 0 Å². The number of nitriles is 1. The first-order chi connectivity index (χ1) is 21.2. The maximum atomic E-state index is 14.3. The van der Waals surface area contributed by atoms with Crippen molar-refractivity contribution < 1.29 is 50.2 Å². The Kier molecular flexibility index (Phi) is 3.60. The Bertz CT molecular complexity index is 1390. The topological polar surface area (TPSA) is 131 Å². The van der Waals surface area contributed by atoms with E-state index in [0.717, 1.165) is 0 Å². The van der Waals surface area contributed by atoms with E-state index < -0.39 is 123 Å². The van der Waals surface area contributed by atoms with Crippen LogP contribution in [0.25, 0.3) is 0 Å². The van der Waals surface area contributed by atoms with Gasteiger partial charge >= 0.3 is 12.1 Å². The van der Waals surface area contributed by atoms with Crippen LogP contribution in [0.5, 0.6) is 0 Å². The number of halogens is 3. The highest BCUT2D eigenvalue weighted by Crippen LogP contribution is 2.65. The van der Waals surface area contributed by atoms with Gasteiger partial charge in [0.1, 0.15) is 18.1 Å². The molecule has 0 bridgehead atoms. The van der Waals surface area contributed by atoms with E-state index in [1.807, 2.05) is 5.32 Å². The Morgan fingerprint density at radius 2 is 2.03 bits per heavy atom. The quantitative estimate of drug-likeness (QED) is 0.491. The van der Waals surface area contributed by atoms with E-state index in [1.165, 1.54) is 13.8 Å². The van der Waals surface area contributed by atoms with E-state index in [-0.39, 0.29) is 4.90 Å². The molecular formula is C23H32F3N5O4. The second-order valence-electron chi connectivity index (χ2n) is 9.24. The average molecular weight is 513 g/mol. The van der Waals surface area contributed by atoms with Gasteiger partial charge in [-0.05, 0) is 35.5 Å². The Morgan fingerprint density at radius 1 is 1.37 bits per heavy atom. The SMILES string of the molecule is [2H]C1([2H])C[C@@H](C[C@@H](C#N)NC(=O)[C@]2([2H])[C@@H]3[C@H](CN2C(=O)C([2H])(NC(=O)C(F)(F)F)C(C([2H])([2H])[2H])(C([2H])([2H])[2H])C([2H])([2H])[2H])C3(C)C)C(=O)N1. The summed E-state index contributed by atoms with van der Waals surface area (Å²) in [5.41, 5.74) is -5.80. The number of hydrogen-bond donors (Lipinski definition) is 3. The number of carbonyl (C=O) groups is 4. The molecule has 2 aliphatic heterocycles. The van der Waals surface area contributed by atoms with Crippen molar-refractivity contribution in [2.45, 2.75) is 71.5 Å². The lowest BCUT2D eigenvalue weighted by Gasteiger charge is -2.37. The normalized spacial score (nSPS) is 39.9. The lowest BCUT2D eigenvalue weighted by molar-refractivity contribution is -0.176. The lowest BCUT2D eigenvalue weighted by atomic mass is 9.85. The molecule has 2 saturated heterocycles. The van der Waals surface area contributed by atoms with Crippen LogP contribution in [0.4, 0.5) is 13.2 Å². The van der Waals surface area contributed by atoms with Crippen LogP contribution in [0.1, 0.15) is 65.1 Å². The van der Waals surface area contributed by atoms with Gasteiger partial charge in [-0.25, -0.2) is 0 Å². The van der Waals surface area contributed by atoms with Gasteiger partial charge in [0.15, 0.2) is 0 Å². The molecule has 6 atom stereocenters. The summed E-state index contributed by atoms with van der Waals surface area (Å²) in [5.74, 6) is -11.4. The van der Waals surface area contributed by atoms with Gasteiger partial charge in [0, 0.05) is 34.0 Å². The first kappa shape index (κ1) is 14.0. The summed E-state index contributed by atoms with van der Waals surface area (Å²) in [6.07, 6.45) is -6.96. The smallest absolute Gasteiger partial charge is 0.356 e. The summed E-state index contributed by atoms with van der Waals surface area (Å²) in [5, 5.41) is 14.5. The number of piperidine rings is 1. The van der Waals surface area contributed by atoms with Gasteiger partial charge in [0.05, 0.1) is 8.81 Å². The number of rotatable bonds is 6. The zero-order chi connectivity index (χ0) is 37.6. The summed E-state index contributed by atoms with van der Waals surface area (Å²) < 4.78 is 145. The third kappa shape index (κ3) is 5.23. The number of carbonyl (C=O) groups excluding carboxylic acids is 4. The van der Waals surface area contributed by atoms with Gasteiger partial charge < -0.3 is 20.9 Å². The van der Waals surface area contributed by atoms with E-state index in [9.17, 15) is 39.0 Å². The predicted octanol–water partition coefficient (Wildman–Crippen LogP) is 1.10. The van der Waals surface area contributed by atoms with Crippen LogP contribution in [0.3, 0.4) is 0 Å². The van der Waals surface area contributed by atoms with Crippen LogP contribution in [0.15, 0.2) is 0 Å². The highest BCUT2D eigenvalue weighted by molar-refractivity contribution is 5.95. The Hall–Kier alpha value is -2.84. The molecule has 0 aromatic carbocycles. The van der Waals surface area contributed by atoms with Crippen LogP contribution < -0.4 is 16.0 Å². The van der Waals surface area contributed by atoms with Crippen molar-refractivity contribution in [2.75, 3.05) is 13.0 Å². The van der Waals surface area contributed by atoms with E-state index in [1.54, 1.807) is 6.07 Å². The van der Waals surface area contributed by atoms with Crippen molar-refractivity contribution in [3.05, 3.63) is 0 Å². The fourth-order valence-electron chi connectivity index (χ4n) is 4.48. The largest absolute Gasteiger partial charge is 0.471 e. The van der Waals surface area contributed by atoms with Gasteiger partial charge in [-0.3, -0.25) is 19.2 Å². The molecule has 0 spiro atoms. The molecular weight excluding hydrogens is 467 g/mol. The minimum absolute atomic E-state index is 0.0277. The van der Waals surface area contributed by atoms with E-state index >= 15 is 0 Å². The van der Waals surface area contributed by atoms with Crippen molar-refractivity contribution in [3.8, 4) is 6.07 Å². The molecule has 35 heavy (non-hydrogen) atoms. The van der Waals surface area contributed by atoms with E-state index in [4.69, 9.17) is 16.4 Å². The molecule has 1 aliphatic carbocycles. The summed E-state index contributed by atoms with van der Waals surface area (Å²) in [4.78, 5) is 52.6. The minimum Gasteiger partial charge on any atom is -0.356 e. The van der Waals surface area contributed by atoms with Gasteiger partial charge in [-0.1, -0.05) is 34.4 Å². The Morgan fingerprint density at radius 3 is 2.54 bits per heavy atom. The van der Waals surface area contributed by atoms with Gasteiger partial charge in [0.25, 0.3) is 0 Å². The van der Waals surface area contributed by atoms with E-state index in [0.29, 0.717) is 5.32 Å². The number of alkyl halides is 3. The molecule has 1 saturated carbocycles. The minimum atomic E-state index is -6.02. The Labute approximate surface area is 220 Å². The van der Waals surface area contributed by atoms with Crippen LogP contribution >= 0.6 is 0 Å². The fraction of sp³-hybridized carbons (Fsp3) is 0.783. The second-order valence-corrected chi connectivity index (χ2v) is 9.24. The Balaban J connectivity index is 2.21. The number of nitrogens with one attached hydrogen (secondary N) is 3. The molecule has 2 heterocycles. The summed E-state index contributed by atoms with van der Waals surface area (Å²) in [6, 6.07) is -7.85. The maximum Gasteiger partial charge on any atom is 0.471 e. The molecule has 0 aromatic heterocycles. The molecule has 1 unspecified atom stereocenters. The van der Waals surface area contributed by atoms with Crippen LogP contribution in [0, 0.1) is 39.9 Å². The third-order valence-electron chi connectivity index (χ3n) is 6.49. The summed E-state index contributed by atoms with van der Waals surface area (Å²) in [6.45, 7) is -13.5. The molecule has 12 heteroatoms. The molecule has 3 aliphatic rings. The molecule has 4 amide bonds. The van der Waals surface area contributed by atoms with Crippen molar-refractivity contribution in [1.29, 1.82) is 5.26 Å². The summed E-state index contributed by atoms with van der Waals surface area (Å²) in [7, 11) is 0. The zero-order valence-electron chi connectivity index (χ0n) is 31.6. The fourth-order valence-corrected chi connectivity index (χ4v) is 4.48. The van der Waals surface area contributed by atoms with Crippen molar-refractivity contribution >= 4 is 23.6 Å². The number of nitrogens with zero attached hydrogens (tertiary/aromatic N) is 2. The van der Waals surface area contributed by atoms with Crippen molar-refractivity contribution in [1.82, 2.24) is 20.9 Å². The molecule has 0 radical (unpaired) electrons. The molecule has 3 fully saturated rings. The van der Waals surface area contributed by atoms with Crippen molar-refractivity contribution in [3.63, 3.8) is 0 Å². The van der Waals surface area contributed by atoms with Crippen LogP contribution in [-0.4, -0.2) is 65.8 Å². The van der Waals surface area contributed by atoms with Crippen molar-refractivity contribution in [2.24, 2.45) is 28.6 Å². The van der Waals surface area contributed by atoms with Gasteiger partial charge in [-0.2, -0.15) is 18.4 Å². The number of amides is 4. The molecule has 3 rings (SSSR count). The molecule has 3 N–H and O–H groups in total. The lowest BCUT2D eigenvalue weighted by Crippen LogP contribution is -2.61. The van der Waals surface area contributed by atoms with Gasteiger partial charge in [0.2, 0.25) is 17.7 Å². The first-order valence-electron chi connectivity index (χ1n) is 16.9. The molecule has 9 nitrogen and oxygen atoms in total. The summed E-state index contributed by atoms with van der Waals surface area (Å²) >= 11 is 0. The highest BCUT2D eigenvalue weighted by atomic mass is 19.4. The molecule has 0 aromatic rings.